The summed E-state index contributed by atoms with van der Waals surface area (Å²) in [7, 11) is -3.28. The molecule has 0 aliphatic carbocycles. The maximum Gasteiger partial charge on any atom is 0.211 e. The minimum absolute atomic E-state index is 0.0102. The molecular weight excluding hydrogens is 226 g/mol. The summed E-state index contributed by atoms with van der Waals surface area (Å²) in [6.45, 7) is 3.44. The lowest BCUT2D eigenvalue weighted by Crippen LogP contribution is -2.40. The van der Waals surface area contributed by atoms with Crippen molar-refractivity contribution in [2.24, 2.45) is 0 Å². The zero-order chi connectivity index (χ0) is 11.2. The topological polar surface area (TPSA) is 66.4 Å². The Bertz CT molecular complexity index is 251. The van der Waals surface area contributed by atoms with Crippen LogP contribution in [0, 0.1) is 0 Å². The first-order chi connectivity index (χ1) is 6.33. The number of hydrogen-bond donors (Lipinski definition) is 2. The maximum absolute atomic E-state index is 11.3. The normalized spacial score (nSPS) is 16.6. The lowest BCUT2D eigenvalue weighted by Gasteiger charge is -2.21. The number of alkyl halides is 1. The van der Waals surface area contributed by atoms with Gasteiger partial charge in [0, 0.05) is 12.4 Å². The van der Waals surface area contributed by atoms with E-state index >= 15 is 0 Å². The maximum atomic E-state index is 11.3. The highest BCUT2D eigenvalue weighted by atomic mass is 35.5. The lowest BCUT2D eigenvalue weighted by molar-refractivity contribution is 0.0613. The third-order valence-corrected chi connectivity index (χ3v) is 3.66. The molecule has 0 aromatic carbocycles. The Balaban J connectivity index is 4.00. The molecule has 6 heteroatoms. The summed E-state index contributed by atoms with van der Waals surface area (Å²) in [5.74, 6) is 0.335. The van der Waals surface area contributed by atoms with E-state index < -0.39 is 15.6 Å². The molecule has 0 aliphatic heterocycles. The Labute approximate surface area is 90.7 Å². The molecule has 0 saturated carbocycles. The highest BCUT2D eigenvalue weighted by Crippen LogP contribution is 2.06. The van der Waals surface area contributed by atoms with Crippen molar-refractivity contribution in [1.29, 1.82) is 0 Å². The summed E-state index contributed by atoms with van der Waals surface area (Å²) in [6, 6.07) is 0. The smallest absolute Gasteiger partial charge is 0.211 e. The van der Waals surface area contributed by atoms with E-state index in [1.807, 2.05) is 0 Å². The van der Waals surface area contributed by atoms with Crippen LogP contribution in [-0.4, -0.2) is 37.3 Å². The van der Waals surface area contributed by atoms with Gasteiger partial charge in [0.05, 0.1) is 11.4 Å². The zero-order valence-electron chi connectivity index (χ0n) is 8.59. The van der Waals surface area contributed by atoms with Crippen LogP contribution >= 0.6 is 11.6 Å². The van der Waals surface area contributed by atoms with Crippen LogP contribution in [0.25, 0.3) is 0 Å². The van der Waals surface area contributed by atoms with E-state index in [0.717, 1.165) is 0 Å². The van der Waals surface area contributed by atoms with Crippen LogP contribution in [0.2, 0.25) is 0 Å². The van der Waals surface area contributed by atoms with Crippen LogP contribution in [0.15, 0.2) is 0 Å². The van der Waals surface area contributed by atoms with Crippen molar-refractivity contribution in [3.05, 3.63) is 0 Å². The molecule has 0 bridgehead atoms. The molecule has 0 heterocycles. The molecule has 14 heavy (non-hydrogen) atoms. The fraction of sp³-hybridized carbons (Fsp3) is 1.00. The van der Waals surface area contributed by atoms with Crippen molar-refractivity contribution in [2.75, 3.05) is 18.2 Å². The van der Waals surface area contributed by atoms with Crippen LogP contribution in [-0.2, 0) is 10.0 Å². The number of rotatable bonds is 7. The van der Waals surface area contributed by atoms with E-state index in [9.17, 15) is 13.5 Å². The first kappa shape index (κ1) is 14.2. The summed E-state index contributed by atoms with van der Waals surface area (Å²) in [5.41, 5.74) is -0.978. The van der Waals surface area contributed by atoms with Gasteiger partial charge in [0.25, 0.3) is 0 Å². The van der Waals surface area contributed by atoms with Crippen molar-refractivity contribution < 1.29 is 13.5 Å². The highest BCUT2D eigenvalue weighted by molar-refractivity contribution is 7.89. The van der Waals surface area contributed by atoms with Gasteiger partial charge in [0.2, 0.25) is 10.0 Å². The molecule has 0 fully saturated rings. The molecule has 1 unspecified atom stereocenters. The second-order valence-corrected chi connectivity index (χ2v) is 5.84. The van der Waals surface area contributed by atoms with Gasteiger partial charge in [-0.1, -0.05) is 6.92 Å². The first-order valence-corrected chi connectivity index (χ1v) is 6.77. The second-order valence-electron chi connectivity index (χ2n) is 3.53. The average Bonchev–Trinajstić information content (AvgIpc) is 2.12. The molecular formula is C8H18ClNO3S. The monoisotopic (exact) mass is 243 g/mol. The summed E-state index contributed by atoms with van der Waals surface area (Å²) in [4.78, 5) is 0. The Hall–Kier alpha value is 0.160. The van der Waals surface area contributed by atoms with Gasteiger partial charge < -0.3 is 5.11 Å². The average molecular weight is 244 g/mol. The van der Waals surface area contributed by atoms with E-state index in [0.29, 0.717) is 18.7 Å². The van der Waals surface area contributed by atoms with Crippen molar-refractivity contribution in [3.8, 4) is 0 Å². The van der Waals surface area contributed by atoms with Crippen LogP contribution in [0.5, 0.6) is 0 Å². The minimum atomic E-state index is -3.28. The summed E-state index contributed by atoms with van der Waals surface area (Å²) >= 11 is 5.38. The molecule has 0 aromatic rings. The Morgan fingerprint density at radius 2 is 2.07 bits per heavy atom. The van der Waals surface area contributed by atoms with Gasteiger partial charge in [0.15, 0.2) is 0 Å². The quantitative estimate of drug-likeness (QED) is 0.647. The molecule has 4 nitrogen and oxygen atoms in total. The molecule has 0 aromatic heterocycles. The predicted octanol–water partition coefficient (Wildman–Crippen LogP) is 0.696. The molecule has 86 valence electrons. The Morgan fingerprint density at radius 3 is 2.50 bits per heavy atom. The van der Waals surface area contributed by atoms with E-state index in [1.165, 1.54) is 0 Å². The van der Waals surface area contributed by atoms with Gasteiger partial charge in [-0.15, -0.1) is 11.6 Å². The summed E-state index contributed by atoms with van der Waals surface area (Å²) in [5, 5.41) is 9.56. The largest absolute Gasteiger partial charge is 0.389 e. The number of halogens is 1. The Morgan fingerprint density at radius 1 is 1.50 bits per heavy atom. The summed E-state index contributed by atoms with van der Waals surface area (Å²) < 4.78 is 24.9. The van der Waals surface area contributed by atoms with Crippen LogP contribution in [0.1, 0.15) is 26.7 Å². The van der Waals surface area contributed by atoms with Crippen LogP contribution in [0.4, 0.5) is 0 Å². The van der Waals surface area contributed by atoms with Crippen molar-refractivity contribution in [3.63, 3.8) is 0 Å². The van der Waals surface area contributed by atoms with Gasteiger partial charge in [0.1, 0.15) is 0 Å². The molecule has 0 amide bonds. The van der Waals surface area contributed by atoms with Gasteiger partial charge in [-0.25, -0.2) is 13.1 Å². The van der Waals surface area contributed by atoms with Gasteiger partial charge >= 0.3 is 0 Å². The van der Waals surface area contributed by atoms with E-state index in [1.54, 1.807) is 13.8 Å². The number of sulfonamides is 1. The highest BCUT2D eigenvalue weighted by Gasteiger charge is 2.20. The van der Waals surface area contributed by atoms with Crippen LogP contribution < -0.4 is 4.72 Å². The molecule has 1 atom stereocenters. The third-order valence-electron chi connectivity index (χ3n) is 1.98. The van der Waals surface area contributed by atoms with Gasteiger partial charge in [-0.2, -0.15) is 0 Å². The van der Waals surface area contributed by atoms with Gasteiger partial charge in [-0.05, 0) is 19.8 Å². The molecule has 0 radical (unpaired) electrons. The van der Waals surface area contributed by atoms with E-state index in [4.69, 9.17) is 11.6 Å². The lowest BCUT2D eigenvalue weighted by atomic mass is 10.1. The predicted molar refractivity (Wildman–Crippen MR) is 58.0 cm³/mol. The van der Waals surface area contributed by atoms with E-state index in [2.05, 4.69) is 4.72 Å². The van der Waals surface area contributed by atoms with Gasteiger partial charge in [-0.3, -0.25) is 0 Å². The first-order valence-electron chi connectivity index (χ1n) is 4.58. The molecule has 0 rings (SSSR count). The molecule has 0 saturated heterocycles. The van der Waals surface area contributed by atoms with E-state index in [-0.39, 0.29) is 12.3 Å². The number of nitrogens with one attached hydrogen (secondary N) is 1. The SMILES string of the molecule is CCC(C)(O)CNS(=O)(=O)CCCCl. The van der Waals surface area contributed by atoms with Crippen molar-refractivity contribution >= 4 is 21.6 Å². The third kappa shape index (κ3) is 6.59. The number of aliphatic hydroxyl groups is 1. The zero-order valence-corrected chi connectivity index (χ0v) is 10.2. The standard InChI is InChI=1S/C8H18ClNO3S/c1-3-8(2,11)7-10-14(12,13)6-4-5-9/h10-11H,3-7H2,1-2H3. The second kappa shape index (κ2) is 5.90. The van der Waals surface area contributed by atoms with Crippen molar-refractivity contribution in [1.82, 2.24) is 4.72 Å². The molecule has 0 aliphatic rings. The van der Waals surface area contributed by atoms with Crippen LogP contribution in [0.3, 0.4) is 0 Å². The number of hydrogen-bond acceptors (Lipinski definition) is 3. The minimum Gasteiger partial charge on any atom is -0.389 e. The fourth-order valence-electron chi connectivity index (χ4n) is 0.707. The Kier molecular flexibility index (Phi) is 5.97. The molecule has 0 spiro atoms. The van der Waals surface area contributed by atoms with Crippen molar-refractivity contribution in [2.45, 2.75) is 32.3 Å². The molecule has 2 N–H and O–H groups in total. The summed E-state index contributed by atoms with van der Waals surface area (Å²) in [6.07, 6.45) is 0.927. The fourth-order valence-corrected chi connectivity index (χ4v) is 2.20.